The first-order chi connectivity index (χ1) is 9.40. The number of nitro groups is 1. The fourth-order valence-corrected chi connectivity index (χ4v) is 2.20. The van der Waals surface area contributed by atoms with Gasteiger partial charge in [-0.05, 0) is 37.1 Å². The van der Waals surface area contributed by atoms with Crippen LogP contribution in [0.5, 0.6) is 0 Å². The molecule has 0 atom stereocenters. The van der Waals surface area contributed by atoms with E-state index in [-0.39, 0.29) is 16.7 Å². The molecule has 0 aliphatic carbocycles. The Labute approximate surface area is 128 Å². The summed E-state index contributed by atoms with van der Waals surface area (Å²) < 4.78 is 0.998. The number of aromatic nitrogens is 2. The molecule has 1 N–H and O–H groups in total. The second-order valence-electron chi connectivity index (χ2n) is 4.17. The van der Waals surface area contributed by atoms with E-state index in [1.165, 1.54) is 6.33 Å². The Morgan fingerprint density at radius 2 is 1.90 bits per heavy atom. The summed E-state index contributed by atoms with van der Waals surface area (Å²) in [4.78, 5) is 17.9. The SMILES string of the molecule is Cc1cc(Nc2ncnc(Cl)c2[N+](=O)[O-])cc(C)c1Br. The number of nitrogens with zero attached hydrogens (tertiary/aromatic N) is 3. The fraction of sp³-hybridized carbons (Fsp3) is 0.167. The molecule has 1 heterocycles. The Morgan fingerprint density at radius 3 is 2.45 bits per heavy atom. The molecule has 0 radical (unpaired) electrons. The van der Waals surface area contributed by atoms with Gasteiger partial charge in [-0.1, -0.05) is 27.5 Å². The number of hydrogen-bond donors (Lipinski definition) is 1. The van der Waals surface area contributed by atoms with E-state index in [9.17, 15) is 10.1 Å². The predicted octanol–water partition coefficient (Wildman–Crippen LogP) is 4.16. The van der Waals surface area contributed by atoms with Crippen molar-refractivity contribution in [2.45, 2.75) is 13.8 Å². The lowest BCUT2D eigenvalue weighted by molar-refractivity contribution is -0.384. The van der Waals surface area contributed by atoms with E-state index in [2.05, 4.69) is 31.2 Å². The van der Waals surface area contributed by atoms with Gasteiger partial charge in [0.1, 0.15) is 6.33 Å². The molecule has 0 aliphatic rings. The van der Waals surface area contributed by atoms with Gasteiger partial charge in [-0.2, -0.15) is 0 Å². The Morgan fingerprint density at radius 1 is 1.30 bits per heavy atom. The van der Waals surface area contributed by atoms with Gasteiger partial charge in [0.2, 0.25) is 11.0 Å². The van der Waals surface area contributed by atoms with Crippen molar-refractivity contribution in [1.82, 2.24) is 9.97 Å². The first kappa shape index (κ1) is 14.7. The standard InChI is InChI=1S/C12H10BrClN4O2/c1-6-3-8(4-7(2)9(6)13)17-12-10(18(19)20)11(14)15-5-16-12/h3-5H,1-2H3,(H,15,16,17). The highest BCUT2D eigenvalue weighted by molar-refractivity contribution is 9.10. The lowest BCUT2D eigenvalue weighted by atomic mass is 10.1. The number of nitrogens with one attached hydrogen (secondary N) is 1. The van der Waals surface area contributed by atoms with Gasteiger partial charge in [-0.15, -0.1) is 0 Å². The molecular weight excluding hydrogens is 348 g/mol. The summed E-state index contributed by atoms with van der Waals surface area (Å²) in [6.45, 7) is 3.87. The molecule has 2 rings (SSSR count). The van der Waals surface area contributed by atoms with Crippen molar-refractivity contribution < 1.29 is 4.92 Å². The van der Waals surface area contributed by atoms with Crippen molar-refractivity contribution in [3.8, 4) is 0 Å². The van der Waals surface area contributed by atoms with Crippen molar-refractivity contribution >= 4 is 44.7 Å². The molecular formula is C12H10BrClN4O2. The van der Waals surface area contributed by atoms with Crippen LogP contribution >= 0.6 is 27.5 Å². The first-order valence-electron chi connectivity index (χ1n) is 5.59. The maximum absolute atomic E-state index is 11.0. The lowest BCUT2D eigenvalue weighted by Gasteiger charge is -2.10. The van der Waals surface area contributed by atoms with Crippen LogP contribution in [0.15, 0.2) is 22.9 Å². The molecule has 6 nitrogen and oxygen atoms in total. The van der Waals surface area contributed by atoms with Crippen LogP contribution in [0.2, 0.25) is 5.15 Å². The summed E-state index contributed by atoms with van der Waals surface area (Å²) in [5.74, 6) is 0.0659. The number of rotatable bonds is 3. The zero-order valence-corrected chi connectivity index (χ0v) is 13.0. The van der Waals surface area contributed by atoms with Gasteiger partial charge in [0.15, 0.2) is 0 Å². The van der Waals surface area contributed by atoms with Crippen LogP contribution in [0, 0.1) is 24.0 Å². The van der Waals surface area contributed by atoms with Crippen molar-refractivity contribution in [2.24, 2.45) is 0 Å². The highest BCUT2D eigenvalue weighted by Crippen LogP contribution is 2.32. The van der Waals surface area contributed by atoms with Gasteiger partial charge < -0.3 is 5.32 Å². The Balaban J connectivity index is 2.45. The van der Waals surface area contributed by atoms with Gasteiger partial charge in [0.05, 0.1) is 4.92 Å². The fourth-order valence-electron chi connectivity index (χ4n) is 1.77. The molecule has 20 heavy (non-hydrogen) atoms. The summed E-state index contributed by atoms with van der Waals surface area (Å²) in [6, 6.07) is 3.72. The summed E-state index contributed by atoms with van der Waals surface area (Å²) in [5.41, 5.74) is 2.37. The number of hydrogen-bond acceptors (Lipinski definition) is 5. The number of benzene rings is 1. The lowest BCUT2D eigenvalue weighted by Crippen LogP contribution is -2.02. The summed E-state index contributed by atoms with van der Waals surface area (Å²) in [6.07, 6.45) is 1.18. The molecule has 0 bridgehead atoms. The summed E-state index contributed by atoms with van der Waals surface area (Å²) in [7, 11) is 0. The second-order valence-corrected chi connectivity index (χ2v) is 5.32. The predicted molar refractivity (Wildman–Crippen MR) is 80.6 cm³/mol. The molecule has 0 unspecified atom stereocenters. The second kappa shape index (κ2) is 5.72. The molecule has 0 saturated heterocycles. The summed E-state index contributed by atoms with van der Waals surface area (Å²) >= 11 is 9.20. The average Bonchev–Trinajstić information content (AvgIpc) is 2.35. The van der Waals surface area contributed by atoms with E-state index in [0.717, 1.165) is 15.6 Å². The quantitative estimate of drug-likeness (QED) is 0.507. The van der Waals surface area contributed by atoms with E-state index >= 15 is 0 Å². The third-order valence-electron chi connectivity index (χ3n) is 2.66. The van der Waals surface area contributed by atoms with E-state index in [4.69, 9.17) is 11.6 Å². The van der Waals surface area contributed by atoms with Crippen LogP contribution in [0.3, 0.4) is 0 Å². The Hall–Kier alpha value is -1.73. The van der Waals surface area contributed by atoms with E-state index in [1.807, 2.05) is 26.0 Å². The monoisotopic (exact) mass is 356 g/mol. The zero-order chi connectivity index (χ0) is 14.9. The van der Waals surface area contributed by atoms with Gasteiger partial charge in [0, 0.05) is 10.2 Å². The molecule has 1 aromatic carbocycles. The first-order valence-corrected chi connectivity index (χ1v) is 6.76. The van der Waals surface area contributed by atoms with E-state index < -0.39 is 4.92 Å². The maximum Gasteiger partial charge on any atom is 0.348 e. The van der Waals surface area contributed by atoms with Crippen molar-refractivity contribution in [2.75, 3.05) is 5.32 Å². The topological polar surface area (TPSA) is 81.0 Å². The Bertz CT molecular complexity index is 670. The van der Waals surface area contributed by atoms with Crippen LogP contribution in [0.25, 0.3) is 0 Å². The van der Waals surface area contributed by atoms with Crippen LogP contribution in [-0.2, 0) is 0 Å². The molecule has 1 aromatic heterocycles. The molecule has 0 amide bonds. The molecule has 0 aliphatic heterocycles. The Kier molecular flexibility index (Phi) is 4.20. The third-order valence-corrected chi connectivity index (χ3v) is 4.19. The molecule has 0 saturated carbocycles. The van der Waals surface area contributed by atoms with Crippen LogP contribution < -0.4 is 5.32 Å². The van der Waals surface area contributed by atoms with E-state index in [1.54, 1.807) is 0 Å². The number of aryl methyl sites for hydroxylation is 2. The highest BCUT2D eigenvalue weighted by Gasteiger charge is 2.21. The number of halogens is 2. The van der Waals surface area contributed by atoms with Crippen LogP contribution in [0.1, 0.15) is 11.1 Å². The summed E-state index contributed by atoms with van der Waals surface area (Å²) in [5, 5.41) is 13.7. The maximum atomic E-state index is 11.0. The van der Waals surface area contributed by atoms with Crippen LogP contribution in [-0.4, -0.2) is 14.9 Å². The highest BCUT2D eigenvalue weighted by atomic mass is 79.9. The normalized spacial score (nSPS) is 10.4. The minimum Gasteiger partial charge on any atom is -0.334 e. The van der Waals surface area contributed by atoms with Crippen molar-refractivity contribution in [3.63, 3.8) is 0 Å². The smallest absolute Gasteiger partial charge is 0.334 e. The largest absolute Gasteiger partial charge is 0.348 e. The van der Waals surface area contributed by atoms with Gasteiger partial charge >= 0.3 is 5.69 Å². The third kappa shape index (κ3) is 2.88. The van der Waals surface area contributed by atoms with Gasteiger partial charge in [-0.3, -0.25) is 10.1 Å². The van der Waals surface area contributed by atoms with Crippen molar-refractivity contribution in [1.29, 1.82) is 0 Å². The van der Waals surface area contributed by atoms with Gasteiger partial charge in [0.25, 0.3) is 0 Å². The zero-order valence-electron chi connectivity index (χ0n) is 10.6. The molecule has 0 fully saturated rings. The molecule has 2 aromatic rings. The van der Waals surface area contributed by atoms with E-state index in [0.29, 0.717) is 5.69 Å². The molecule has 0 spiro atoms. The van der Waals surface area contributed by atoms with Crippen LogP contribution in [0.4, 0.5) is 17.2 Å². The average molecular weight is 358 g/mol. The minimum absolute atomic E-state index is 0.0659. The molecule has 8 heteroatoms. The van der Waals surface area contributed by atoms with Crippen molar-refractivity contribution in [3.05, 3.63) is 49.3 Å². The number of anilines is 2. The molecule has 104 valence electrons. The van der Waals surface area contributed by atoms with Gasteiger partial charge in [-0.25, -0.2) is 9.97 Å². The minimum atomic E-state index is -0.608.